The largest absolute Gasteiger partial charge is 0.434 e. The second-order valence-corrected chi connectivity index (χ2v) is 4.13. The van der Waals surface area contributed by atoms with Gasteiger partial charge >= 0.3 is 6.18 Å². The maximum absolute atomic E-state index is 12.5. The molecule has 1 aromatic heterocycles. The summed E-state index contributed by atoms with van der Waals surface area (Å²) in [6.07, 6.45) is -3.45. The summed E-state index contributed by atoms with van der Waals surface area (Å²) in [6, 6.07) is 2.64. The van der Waals surface area contributed by atoms with Crippen LogP contribution in [0.3, 0.4) is 0 Å². The zero-order chi connectivity index (χ0) is 12.9. The standard InChI is InChI=1S/C11H8F3NOS/c1-8(16)17-7-3-5-9-4-2-6-15-10(9)11(12,13)14/h2,4,6H,7H2,1H3. The highest BCUT2D eigenvalue weighted by Gasteiger charge is 2.34. The quantitative estimate of drug-likeness (QED) is 0.726. The summed E-state index contributed by atoms with van der Waals surface area (Å²) in [5.74, 6) is 5.04. The van der Waals surface area contributed by atoms with Crippen molar-refractivity contribution in [3.63, 3.8) is 0 Å². The number of nitrogens with zero attached hydrogens (tertiary/aromatic N) is 1. The molecule has 0 unspecified atom stereocenters. The Balaban J connectivity index is 2.88. The monoisotopic (exact) mass is 259 g/mol. The number of aromatic nitrogens is 1. The van der Waals surface area contributed by atoms with Crippen molar-refractivity contribution in [1.82, 2.24) is 4.98 Å². The minimum absolute atomic E-state index is 0.124. The molecule has 0 fully saturated rings. The Labute approximate surface area is 101 Å². The average Bonchev–Trinajstić information content (AvgIpc) is 2.23. The molecule has 0 atom stereocenters. The zero-order valence-corrected chi connectivity index (χ0v) is 9.65. The third-order valence-corrected chi connectivity index (χ3v) is 2.34. The number of hydrogen-bond donors (Lipinski definition) is 0. The van der Waals surface area contributed by atoms with E-state index in [-0.39, 0.29) is 16.4 Å². The maximum Gasteiger partial charge on any atom is 0.434 e. The summed E-state index contributed by atoms with van der Waals surface area (Å²) < 4.78 is 37.5. The van der Waals surface area contributed by atoms with Gasteiger partial charge < -0.3 is 0 Å². The molecule has 0 N–H and O–H groups in total. The second kappa shape index (κ2) is 5.73. The van der Waals surface area contributed by atoms with Crippen LogP contribution in [0.5, 0.6) is 0 Å². The maximum atomic E-state index is 12.5. The summed E-state index contributed by atoms with van der Waals surface area (Å²) in [5, 5.41) is -0.124. The number of thioether (sulfide) groups is 1. The smallest absolute Gasteiger partial charge is 0.288 e. The van der Waals surface area contributed by atoms with Crippen LogP contribution in [-0.4, -0.2) is 15.9 Å². The Kier molecular flexibility index (Phi) is 4.58. The fraction of sp³-hybridized carbons (Fsp3) is 0.273. The summed E-state index contributed by atoms with van der Waals surface area (Å²) in [5.41, 5.74) is -1.18. The number of halogens is 3. The van der Waals surface area contributed by atoms with E-state index in [0.29, 0.717) is 0 Å². The third kappa shape index (κ3) is 4.49. The van der Waals surface area contributed by atoms with Crippen molar-refractivity contribution in [2.75, 3.05) is 5.75 Å². The van der Waals surface area contributed by atoms with E-state index in [1.807, 2.05) is 0 Å². The zero-order valence-electron chi connectivity index (χ0n) is 8.84. The lowest BCUT2D eigenvalue weighted by atomic mass is 10.2. The molecule has 17 heavy (non-hydrogen) atoms. The van der Waals surface area contributed by atoms with Crippen LogP contribution in [0.2, 0.25) is 0 Å². The fourth-order valence-corrected chi connectivity index (χ4v) is 1.35. The summed E-state index contributed by atoms with van der Waals surface area (Å²) in [7, 11) is 0. The van der Waals surface area contributed by atoms with Gasteiger partial charge in [0.25, 0.3) is 0 Å². The molecule has 0 bridgehead atoms. The van der Waals surface area contributed by atoms with Crippen LogP contribution in [0.1, 0.15) is 18.2 Å². The Morgan fingerprint density at radius 1 is 1.53 bits per heavy atom. The molecule has 0 aliphatic carbocycles. The predicted molar refractivity (Wildman–Crippen MR) is 59.3 cm³/mol. The Bertz CT molecular complexity index is 474. The molecule has 0 spiro atoms. The second-order valence-electron chi connectivity index (χ2n) is 2.98. The van der Waals surface area contributed by atoms with E-state index in [9.17, 15) is 18.0 Å². The molecule has 1 rings (SSSR count). The van der Waals surface area contributed by atoms with E-state index in [2.05, 4.69) is 16.8 Å². The highest BCUT2D eigenvalue weighted by Crippen LogP contribution is 2.29. The van der Waals surface area contributed by atoms with Crippen LogP contribution in [0.25, 0.3) is 0 Å². The number of hydrogen-bond acceptors (Lipinski definition) is 3. The van der Waals surface area contributed by atoms with Gasteiger partial charge in [-0.05, 0) is 12.1 Å². The molecule has 0 saturated carbocycles. The van der Waals surface area contributed by atoms with Gasteiger partial charge in [0.2, 0.25) is 0 Å². The van der Waals surface area contributed by atoms with Crippen LogP contribution in [0.15, 0.2) is 18.3 Å². The lowest BCUT2D eigenvalue weighted by molar-refractivity contribution is -0.141. The van der Waals surface area contributed by atoms with E-state index in [1.165, 1.54) is 19.1 Å². The molecule has 1 aromatic rings. The first-order valence-electron chi connectivity index (χ1n) is 4.55. The molecule has 2 nitrogen and oxygen atoms in total. The highest BCUT2D eigenvalue weighted by molar-refractivity contribution is 8.13. The van der Waals surface area contributed by atoms with Gasteiger partial charge in [-0.15, -0.1) is 0 Å². The third-order valence-electron chi connectivity index (χ3n) is 1.65. The van der Waals surface area contributed by atoms with Crippen molar-refractivity contribution in [3.8, 4) is 11.8 Å². The normalized spacial score (nSPS) is 10.6. The highest BCUT2D eigenvalue weighted by atomic mass is 32.2. The van der Waals surface area contributed by atoms with Gasteiger partial charge in [-0.25, -0.2) is 0 Å². The lowest BCUT2D eigenvalue weighted by Gasteiger charge is -2.06. The van der Waals surface area contributed by atoms with E-state index in [1.54, 1.807) is 0 Å². The SMILES string of the molecule is CC(=O)SCC#Cc1cccnc1C(F)(F)F. The number of rotatable bonds is 1. The van der Waals surface area contributed by atoms with Gasteiger partial charge in [0.15, 0.2) is 10.8 Å². The topological polar surface area (TPSA) is 30.0 Å². The summed E-state index contributed by atoms with van der Waals surface area (Å²) in [6.45, 7) is 1.37. The molecule has 0 aliphatic heterocycles. The number of alkyl halides is 3. The van der Waals surface area contributed by atoms with Crippen molar-refractivity contribution < 1.29 is 18.0 Å². The molecular formula is C11H8F3NOS. The van der Waals surface area contributed by atoms with Crippen molar-refractivity contribution in [3.05, 3.63) is 29.6 Å². The Hall–Kier alpha value is -1.48. The van der Waals surface area contributed by atoms with Crippen LogP contribution in [0.4, 0.5) is 13.2 Å². The van der Waals surface area contributed by atoms with E-state index < -0.39 is 11.9 Å². The minimum Gasteiger partial charge on any atom is -0.288 e. The average molecular weight is 259 g/mol. The number of carbonyl (C=O) groups excluding carboxylic acids is 1. The molecule has 1 heterocycles. The van der Waals surface area contributed by atoms with Crippen LogP contribution in [-0.2, 0) is 11.0 Å². The first-order chi connectivity index (χ1) is 7.91. The molecule has 0 amide bonds. The van der Waals surface area contributed by atoms with Crippen LogP contribution in [0, 0.1) is 11.8 Å². The molecule has 0 radical (unpaired) electrons. The van der Waals surface area contributed by atoms with E-state index >= 15 is 0 Å². The van der Waals surface area contributed by atoms with Gasteiger partial charge in [-0.2, -0.15) is 13.2 Å². The molecular weight excluding hydrogens is 251 g/mol. The van der Waals surface area contributed by atoms with E-state index in [0.717, 1.165) is 18.0 Å². The molecule has 6 heteroatoms. The predicted octanol–water partition coefficient (Wildman–Crippen LogP) is 2.73. The van der Waals surface area contributed by atoms with Crippen molar-refractivity contribution >= 4 is 16.9 Å². The van der Waals surface area contributed by atoms with Gasteiger partial charge in [0, 0.05) is 13.1 Å². The molecule has 0 aromatic carbocycles. The van der Waals surface area contributed by atoms with Gasteiger partial charge in [0.05, 0.1) is 11.3 Å². The number of pyridine rings is 1. The minimum atomic E-state index is -4.51. The first kappa shape index (κ1) is 13.6. The molecule has 90 valence electrons. The van der Waals surface area contributed by atoms with E-state index in [4.69, 9.17) is 0 Å². The van der Waals surface area contributed by atoms with Crippen LogP contribution < -0.4 is 0 Å². The lowest BCUT2D eigenvalue weighted by Crippen LogP contribution is -2.10. The first-order valence-corrected chi connectivity index (χ1v) is 5.54. The Morgan fingerprint density at radius 2 is 2.24 bits per heavy atom. The van der Waals surface area contributed by atoms with Crippen molar-refractivity contribution in [2.24, 2.45) is 0 Å². The van der Waals surface area contributed by atoms with Gasteiger partial charge in [-0.1, -0.05) is 23.6 Å². The summed E-state index contributed by atoms with van der Waals surface area (Å²) >= 11 is 0.950. The molecule has 0 saturated heterocycles. The van der Waals surface area contributed by atoms with Gasteiger partial charge in [0.1, 0.15) is 0 Å². The van der Waals surface area contributed by atoms with Crippen LogP contribution >= 0.6 is 11.8 Å². The number of carbonyl (C=O) groups is 1. The fourth-order valence-electron chi connectivity index (χ4n) is 1.00. The molecule has 0 aliphatic rings. The van der Waals surface area contributed by atoms with Gasteiger partial charge in [-0.3, -0.25) is 9.78 Å². The van der Waals surface area contributed by atoms with Crippen molar-refractivity contribution in [2.45, 2.75) is 13.1 Å². The Morgan fingerprint density at radius 3 is 2.82 bits per heavy atom. The summed E-state index contributed by atoms with van der Waals surface area (Å²) in [4.78, 5) is 13.8. The van der Waals surface area contributed by atoms with Crippen molar-refractivity contribution in [1.29, 1.82) is 0 Å².